The fraction of sp³-hybridized carbons (Fsp3) is 0.360. The molecule has 0 atom stereocenters. The van der Waals surface area contributed by atoms with E-state index in [1.54, 1.807) is 50.6 Å². The van der Waals surface area contributed by atoms with Crippen molar-refractivity contribution in [2.45, 2.75) is 7.43 Å². The number of halogens is 1. The minimum Gasteiger partial charge on any atom is -0.492 e. The summed E-state index contributed by atoms with van der Waals surface area (Å²) in [6, 6.07) is 12.7. The zero-order chi connectivity index (χ0) is 23.6. The van der Waals surface area contributed by atoms with E-state index >= 15 is 0 Å². The van der Waals surface area contributed by atoms with Crippen molar-refractivity contribution < 1.29 is 23.4 Å². The number of rotatable bonds is 13. The number of aromatic nitrogens is 2. The molecule has 1 aromatic heterocycles. The summed E-state index contributed by atoms with van der Waals surface area (Å²) in [4.78, 5) is 15.2. The van der Waals surface area contributed by atoms with Gasteiger partial charge in [-0.05, 0) is 36.4 Å². The maximum Gasteiger partial charge on any atom is 0.198 e. The van der Waals surface area contributed by atoms with Gasteiger partial charge in [-0.3, -0.25) is 9.69 Å². The number of nitrogen functional groups attached to an aromatic ring is 1. The minimum atomic E-state index is -0.363. The van der Waals surface area contributed by atoms with Gasteiger partial charge in [0.05, 0.1) is 30.7 Å². The van der Waals surface area contributed by atoms with Crippen LogP contribution in [0.1, 0.15) is 23.3 Å². The van der Waals surface area contributed by atoms with Crippen LogP contribution >= 0.6 is 0 Å². The van der Waals surface area contributed by atoms with E-state index in [0.29, 0.717) is 43.4 Å². The average molecular weight is 473 g/mol. The van der Waals surface area contributed by atoms with Gasteiger partial charge in [-0.1, -0.05) is 19.6 Å². The first-order valence-electron chi connectivity index (χ1n) is 10.6. The number of methoxy groups -OCH3 is 2. The highest BCUT2D eigenvalue weighted by Crippen LogP contribution is 2.22. The molecule has 0 radical (unpaired) electrons. The Morgan fingerprint density at radius 3 is 2.32 bits per heavy atom. The molecule has 34 heavy (non-hydrogen) atoms. The fourth-order valence-corrected chi connectivity index (χ4v) is 3.27. The largest absolute Gasteiger partial charge is 0.492 e. The molecule has 0 spiro atoms. The molecule has 0 bridgehead atoms. The quantitative estimate of drug-likeness (QED) is 0.381. The minimum absolute atomic E-state index is 0. The summed E-state index contributed by atoms with van der Waals surface area (Å²) in [7, 11) is 3.34. The Kier molecular flexibility index (Phi) is 10.7. The highest BCUT2D eigenvalue weighted by atomic mass is 19.1. The molecule has 0 aliphatic heterocycles. The van der Waals surface area contributed by atoms with Crippen molar-refractivity contribution in [1.82, 2.24) is 14.7 Å². The predicted octanol–water partition coefficient (Wildman–Crippen LogP) is 3.43. The second-order valence-corrected chi connectivity index (χ2v) is 7.36. The van der Waals surface area contributed by atoms with E-state index in [1.165, 1.54) is 23.0 Å². The summed E-state index contributed by atoms with van der Waals surface area (Å²) in [6.45, 7) is 3.96. The maximum absolute atomic E-state index is 13.2. The maximum atomic E-state index is 13.2. The molecule has 0 unspecified atom stereocenters. The van der Waals surface area contributed by atoms with Crippen molar-refractivity contribution in [2.75, 3.05) is 59.4 Å². The lowest BCUT2D eigenvalue weighted by Crippen LogP contribution is -2.34. The van der Waals surface area contributed by atoms with Crippen molar-refractivity contribution in [1.29, 1.82) is 0 Å². The van der Waals surface area contributed by atoms with Gasteiger partial charge >= 0.3 is 0 Å². The number of carbonyl (C=O) groups is 1. The number of nitrogens with zero attached hydrogens (tertiary/aromatic N) is 3. The molecule has 0 amide bonds. The van der Waals surface area contributed by atoms with Crippen LogP contribution in [-0.2, 0) is 9.47 Å². The van der Waals surface area contributed by atoms with Gasteiger partial charge in [-0.2, -0.15) is 5.10 Å². The highest BCUT2D eigenvalue weighted by molar-refractivity contribution is 6.11. The topological polar surface area (TPSA) is 91.8 Å². The molecular weight excluding hydrogens is 439 g/mol. The number of anilines is 1. The Morgan fingerprint density at radius 2 is 1.68 bits per heavy atom. The van der Waals surface area contributed by atoms with Crippen molar-refractivity contribution in [3.63, 3.8) is 0 Å². The van der Waals surface area contributed by atoms with E-state index < -0.39 is 0 Å². The summed E-state index contributed by atoms with van der Waals surface area (Å²) in [6.07, 6.45) is 1.41. The number of benzene rings is 2. The zero-order valence-electron chi connectivity index (χ0n) is 18.9. The smallest absolute Gasteiger partial charge is 0.198 e. The zero-order valence-corrected chi connectivity index (χ0v) is 18.9. The van der Waals surface area contributed by atoms with Crippen LogP contribution in [-0.4, -0.2) is 74.1 Å². The van der Waals surface area contributed by atoms with Crippen LogP contribution in [0.25, 0.3) is 5.69 Å². The van der Waals surface area contributed by atoms with Gasteiger partial charge in [0.2, 0.25) is 0 Å². The first-order valence-corrected chi connectivity index (χ1v) is 10.6. The number of carbonyl (C=O) groups excluding carboxylic acids is 1. The molecule has 0 saturated heterocycles. The molecule has 0 aliphatic rings. The summed E-state index contributed by atoms with van der Waals surface area (Å²) >= 11 is 0. The molecule has 9 heteroatoms. The summed E-state index contributed by atoms with van der Waals surface area (Å²) in [5.74, 6) is 0.139. The summed E-state index contributed by atoms with van der Waals surface area (Å²) in [5, 5.41) is 4.19. The van der Waals surface area contributed by atoms with Crippen molar-refractivity contribution in [2.24, 2.45) is 0 Å². The SMILES string of the molecule is C.COCCN(CCOC)CCOc1cccc(C(=O)c2cnn(-c3ccc(F)cc3)c2N)c1. The molecule has 1 heterocycles. The van der Waals surface area contributed by atoms with Gasteiger partial charge in [0.25, 0.3) is 0 Å². The molecule has 2 aromatic carbocycles. The fourth-order valence-electron chi connectivity index (χ4n) is 3.27. The van der Waals surface area contributed by atoms with E-state index in [2.05, 4.69) is 10.00 Å². The third kappa shape index (κ3) is 7.11. The normalized spacial score (nSPS) is 10.8. The van der Waals surface area contributed by atoms with Crippen molar-refractivity contribution >= 4 is 11.6 Å². The predicted molar refractivity (Wildman–Crippen MR) is 130 cm³/mol. The van der Waals surface area contributed by atoms with Gasteiger partial charge < -0.3 is 19.9 Å². The first-order chi connectivity index (χ1) is 16.0. The number of hydrogen-bond acceptors (Lipinski definition) is 7. The Bertz CT molecular complexity index is 1030. The molecule has 0 aliphatic carbocycles. The third-order valence-electron chi connectivity index (χ3n) is 5.12. The Labute approximate surface area is 200 Å². The molecule has 8 nitrogen and oxygen atoms in total. The molecule has 2 N–H and O–H groups in total. The summed E-state index contributed by atoms with van der Waals surface area (Å²) < 4.78 is 30.8. The molecule has 0 fully saturated rings. The van der Waals surface area contributed by atoms with Crippen LogP contribution in [0.4, 0.5) is 10.2 Å². The molecule has 0 saturated carbocycles. The van der Waals surface area contributed by atoms with Crippen LogP contribution in [0, 0.1) is 5.82 Å². The number of nitrogens with two attached hydrogens (primary N) is 1. The first kappa shape index (κ1) is 27.0. The van der Waals surface area contributed by atoms with Gasteiger partial charge in [-0.25, -0.2) is 9.07 Å². The van der Waals surface area contributed by atoms with Crippen molar-refractivity contribution in [3.8, 4) is 11.4 Å². The molecular formula is C25H33FN4O4. The number of ether oxygens (including phenoxy) is 3. The summed E-state index contributed by atoms with van der Waals surface area (Å²) in [5.41, 5.74) is 7.44. The standard InChI is InChI=1S/C24H29FN4O4.CH4/c1-31-13-10-28(11-14-32-2)12-15-33-21-5-3-4-18(16-21)23(30)22-17-27-29(24(22)26)20-8-6-19(25)7-9-20;/h3-9,16-17H,10-15,26H2,1-2H3;1H4. The monoisotopic (exact) mass is 472 g/mol. The Balaban J connectivity index is 0.00000408. The third-order valence-corrected chi connectivity index (χ3v) is 5.12. The van der Waals surface area contributed by atoms with E-state index in [-0.39, 0.29) is 30.4 Å². The van der Waals surface area contributed by atoms with E-state index in [4.69, 9.17) is 19.9 Å². The number of hydrogen-bond donors (Lipinski definition) is 1. The lowest BCUT2D eigenvalue weighted by atomic mass is 10.1. The van der Waals surface area contributed by atoms with Crippen molar-refractivity contribution in [3.05, 3.63) is 71.7 Å². The van der Waals surface area contributed by atoms with E-state index in [0.717, 1.165) is 13.1 Å². The van der Waals surface area contributed by atoms with Gasteiger partial charge in [0.15, 0.2) is 5.78 Å². The highest BCUT2D eigenvalue weighted by Gasteiger charge is 2.18. The van der Waals surface area contributed by atoms with Gasteiger partial charge in [0.1, 0.15) is 24.0 Å². The van der Waals surface area contributed by atoms with Gasteiger partial charge in [0, 0.05) is 39.4 Å². The van der Waals surface area contributed by atoms with Crippen LogP contribution in [0.2, 0.25) is 0 Å². The second-order valence-electron chi connectivity index (χ2n) is 7.36. The van der Waals surface area contributed by atoms with Crippen LogP contribution < -0.4 is 10.5 Å². The number of ketones is 1. The van der Waals surface area contributed by atoms with Gasteiger partial charge in [-0.15, -0.1) is 0 Å². The molecule has 3 aromatic rings. The lowest BCUT2D eigenvalue weighted by Gasteiger charge is -2.21. The second kappa shape index (κ2) is 13.4. The Hall–Kier alpha value is -3.27. The lowest BCUT2D eigenvalue weighted by molar-refractivity contribution is 0.103. The average Bonchev–Trinajstić information content (AvgIpc) is 3.21. The van der Waals surface area contributed by atoms with E-state index in [1.807, 2.05) is 0 Å². The molecule has 184 valence electrons. The van der Waals surface area contributed by atoms with E-state index in [9.17, 15) is 9.18 Å². The van der Waals surface area contributed by atoms with Crippen LogP contribution in [0.3, 0.4) is 0 Å². The van der Waals surface area contributed by atoms with Crippen LogP contribution in [0.15, 0.2) is 54.7 Å². The van der Waals surface area contributed by atoms with Crippen LogP contribution in [0.5, 0.6) is 5.75 Å². The molecule has 3 rings (SSSR count). The Morgan fingerprint density at radius 1 is 1.03 bits per heavy atom.